The summed E-state index contributed by atoms with van der Waals surface area (Å²) >= 11 is 0. The van der Waals surface area contributed by atoms with Crippen molar-refractivity contribution in [1.82, 2.24) is 0 Å². The fourth-order valence-electron chi connectivity index (χ4n) is 1.23. The first-order valence-electron chi connectivity index (χ1n) is 5.14. The molecule has 84 valence electrons. The lowest BCUT2D eigenvalue weighted by Gasteiger charge is -2.05. The van der Waals surface area contributed by atoms with Gasteiger partial charge < -0.3 is 5.32 Å². The van der Waals surface area contributed by atoms with Crippen LogP contribution in [0.4, 0.5) is 11.4 Å². The van der Waals surface area contributed by atoms with Gasteiger partial charge in [-0.25, -0.2) is 0 Å². The molecule has 1 rings (SSSR count). The molecule has 0 saturated carbocycles. The summed E-state index contributed by atoms with van der Waals surface area (Å²) in [7, 11) is 1.81. The predicted octanol–water partition coefficient (Wildman–Crippen LogP) is 3.23. The highest BCUT2D eigenvalue weighted by Gasteiger charge is 2.07. The Morgan fingerprint density at radius 1 is 1.40 bits per heavy atom. The molecule has 15 heavy (non-hydrogen) atoms. The van der Waals surface area contributed by atoms with Crippen molar-refractivity contribution in [3.05, 3.63) is 33.9 Å². The first-order chi connectivity index (χ1) is 7.19. The molecule has 4 heteroatoms. The van der Waals surface area contributed by atoms with Gasteiger partial charge in [0, 0.05) is 24.9 Å². The van der Waals surface area contributed by atoms with Crippen molar-refractivity contribution in [3.63, 3.8) is 0 Å². The third kappa shape index (κ3) is 3.58. The average molecular weight is 210 g/mol. The highest BCUT2D eigenvalue weighted by atomic mass is 16.6. The number of nitrogens with zero attached hydrogens (tertiary/aromatic N) is 1. The van der Waals surface area contributed by atoms with Crippen LogP contribution in [0.15, 0.2) is 18.2 Å². The number of hydrogen-bond acceptors (Lipinski definition) is 3. The van der Waals surface area contributed by atoms with E-state index >= 15 is 0 Å². The van der Waals surface area contributed by atoms with Crippen LogP contribution in [-0.2, 0) is 6.42 Å². The minimum absolute atomic E-state index is 0.149. The Bertz CT molecular complexity index is 324. The van der Waals surface area contributed by atoms with E-state index in [9.17, 15) is 10.1 Å². The Balaban J connectivity index is 0.000000921. The van der Waals surface area contributed by atoms with Crippen LogP contribution in [0.5, 0.6) is 0 Å². The summed E-state index contributed by atoms with van der Waals surface area (Å²) in [5, 5.41) is 13.4. The molecule has 4 nitrogen and oxygen atoms in total. The number of non-ortho nitro benzene ring substituents is 1. The second kappa shape index (κ2) is 6.81. The zero-order valence-electron chi connectivity index (χ0n) is 9.70. The summed E-state index contributed by atoms with van der Waals surface area (Å²) in [6.45, 7) is 5.97. The van der Waals surface area contributed by atoms with Gasteiger partial charge >= 0.3 is 0 Å². The lowest BCUT2D eigenvalue weighted by Crippen LogP contribution is -1.96. The number of benzene rings is 1. The Kier molecular flexibility index (Phi) is 6.09. The van der Waals surface area contributed by atoms with Gasteiger partial charge in [-0.15, -0.1) is 0 Å². The largest absolute Gasteiger partial charge is 0.388 e. The van der Waals surface area contributed by atoms with Crippen molar-refractivity contribution in [2.75, 3.05) is 12.4 Å². The summed E-state index contributed by atoms with van der Waals surface area (Å²) in [6, 6.07) is 4.84. The Labute approximate surface area is 90.5 Å². The maximum atomic E-state index is 10.5. The lowest BCUT2D eigenvalue weighted by atomic mass is 10.1. The number of nitrogens with one attached hydrogen (secondary N) is 1. The van der Waals surface area contributed by atoms with Gasteiger partial charge in [-0.05, 0) is 18.1 Å². The first-order valence-corrected chi connectivity index (χ1v) is 5.14. The number of hydrogen-bond donors (Lipinski definition) is 1. The molecule has 1 aromatic rings. The van der Waals surface area contributed by atoms with Crippen LogP contribution in [0.25, 0.3) is 0 Å². The molecule has 0 saturated heterocycles. The van der Waals surface area contributed by atoms with E-state index < -0.39 is 0 Å². The standard InChI is InChI=1S/C9H12N2O2.C2H6/c1-3-7-6-8(11(12)13)4-5-9(7)10-2;1-2/h4-6,10H,3H2,1-2H3;1-2H3. The molecule has 0 aliphatic carbocycles. The molecule has 0 heterocycles. The number of anilines is 1. The second-order valence-corrected chi connectivity index (χ2v) is 2.70. The summed E-state index contributed by atoms with van der Waals surface area (Å²) in [5.41, 5.74) is 2.07. The molecule has 1 N–H and O–H groups in total. The molecule has 0 aliphatic heterocycles. The molecule has 0 aromatic heterocycles. The Morgan fingerprint density at radius 3 is 2.40 bits per heavy atom. The molecule has 0 fully saturated rings. The van der Waals surface area contributed by atoms with E-state index in [1.807, 2.05) is 20.8 Å². The van der Waals surface area contributed by atoms with Crippen LogP contribution >= 0.6 is 0 Å². The Hall–Kier alpha value is -1.58. The molecule has 0 bridgehead atoms. The summed E-state index contributed by atoms with van der Waals surface area (Å²) in [5.74, 6) is 0. The minimum Gasteiger partial charge on any atom is -0.388 e. The predicted molar refractivity (Wildman–Crippen MR) is 63.4 cm³/mol. The second-order valence-electron chi connectivity index (χ2n) is 2.70. The van der Waals surface area contributed by atoms with E-state index in [4.69, 9.17) is 0 Å². The topological polar surface area (TPSA) is 55.2 Å². The van der Waals surface area contributed by atoms with Gasteiger partial charge in [-0.3, -0.25) is 10.1 Å². The van der Waals surface area contributed by atoms with Gasteiger partial charge in [0.05, 0.1) is 4.92 Å². The van der Waals surface area contributed by atoms with Gasteiger partial charge in [-0.2, -0.15) is 0 Å². The summed E-state index contributed by atoms with van der Waals surface area (Å²) in [6.07, 6.45) is 0.790. The van der Waals surface area contributed by atoms with Crippen LogP contribution < -0.4 is 5.32 Å². The molecule has 0 unspecified atom stereocenters. The average Bonchev–Trinajstić information content (AvgIpc) is 2.30. The van der Waals surface area contributed by atoms with Gasteiger partial charge in [-0.1, -0.05) is 20.8 Å². The SMILES string of the molecule is CC.CCc1cc([N+](=O)[O-])ccc1NC. The zero-order chi connectivity index (χ0) is 11.8. The first kappa shape index (κ1) is 13.4. The molecular formula is C11H18N2O2. The number of nitro benzene ring substituents is 1. The number of aryl methyl sites for hydroxylation is 1. The molecule has 0 aliphatic rings. The zero-order valence-corrected chi connectivity index (χ0v) is 9.70. The van der Waals surface area contributed by atoms with E-state index in [0.717, 1.165) is 17.7 Å². The minimum atomic E-state index is -0.376. The fraction of sp³-hybridized carbons (Fsp3) is 0.455. The van der Waals surface area contributed by atoms with Crippen LogP contribution in [0.3, 0.4) is 0 Å². The van der Waals surface area contributed by atoms with E-state index in [2.05, 4.69) is 5.32 Å². The normalized spacial score (nSPS) is 8.80. The van der Waals surface area contributed by atoms with E-state index in [1.54, 1.807) is 19.2 Å². The van der Waals surface area contributed by atoms with Gasteiger partial charge in [0.2, 0.25) is 0 Å². The highest BCUT2D eigenvalue weighted by Crippen LogP contribution is 2.21. The maximum absolute atomic E-state index is 10.5. The monoisotopic (exact) mass is 210 g/mol. The molecule has 1 aromatic carbocycles. The van der Waals surface area contributed by atoms with Crippen molar-refractivity contribution in [3.8, 4) is 0 Å². The van der Waals surface area contributed by atoms with Gasteiger partial charge in [0.15, 0.2) is 0 Å². The van der Waals surface area contributed by atoms with E-state index in [1.165, 1.54) is 6.07 Å². The van der Waals surface area contributed by atoms with Crippen LogP contribution in [-0.4, -0.2) is 12.0 Å². The quantitative estimate of drug-likeness (QED) is 0.615. The third-order valence-electron chi connectivity index (χ3n) is 1.95. The van der Waals surface area contributed by atoms with Crippen LogP contribution in [0, 0.1) is 10.1 Å². The van der Waals surface area contributed by atoms with Crippen molar-refractivity contribution in [1.29, 1.82) is 0 Å². The maximum Gasteiger partial charge on any atom is 0.269 e. The van der Waals surface area contributed by atoms with Crippen LogP contribution in [0.1, 0.15) is 26.3 Å². The van der Waals surface area contributed by atoms with Crippen molar-refractivity contribution >= 4 is 11.4 Å². The Morgan fingerprint density at radius 2 is 2.00 bits per heavy atom. The summed E-state index contributed by atoms with van der Waals surface area (Å²) in [4.78, 5) is 10.1. The van der Waals surface area contributed by atoms with E-state index in [-0.39, 0.29) is 10.6 Å². The molecule has 0 amide bonds. The smallest absolute Gasteiger partial charge is 0.269 e. The number of rotatable bonds is 3. The van der Waals surface area contributed by atoms with Crippen LogP contribution in [0.2, 0.25) is 0 Å². The third-order valence-corrected chi connectivity index (χ3v) is 1.95. The van der Waals surface area contributed by atoms with Gasteiger partial charge in [0.25, 0.3) is 5.69 Å². The molecule has 0 radical (unpaired) electrons. The summed E-state index contributed by atoms with van der Waals surface area (Å²) < 4.78 is 0. The molecule has 0 atom stereocenters. The highest BCUT2D eigenvalue weighted by molar-refractivity contribution is 5.55. The van der Waals surface area contributed by atoms with Crippen molar-refractivity contribution in [2.24, 2.45) is 0 Å². The number of nitro groups is 1. The van der Waals surface area contributed by atoms with E-state index in [0.29, 0.717) is 0 Å². The van der Waals surface area contributed by atoms with Crippen molar-refractivity contribution < 1.29 is 4.92 Å². The lowest BCUT2D eigenvalue weighted by molar-refractivity contribution is -0.384. The van der Waals surface area contributed by atoms with Crippen molar-refractivity contribution in [2.45, 2.75) is 27.2 Å². The van der Waals surface area contributed by atoms with Gasteiger partial charge in [0.1, 0.15) is 0 Å². The fourth-order valence-corrected chi connectivity index (χ4v) is 1.23. The molecular weight excluding hydrogens is 192 g/mol. The molecule has 0 spiro atoms.